The lowest BCUT2D eigenvalue weighted by molar-refractivity contribution is -0.389. The minimum absolute atomic E-state index is 0.0657. The summed E-state index contributed by atoms with van der Waals surface area (Å²) in [5.41, 5.74) is 0.0657. The fourth-order valence-electron chi connectivity index (χ4n) is 2.06. The molecule has 0 radical (unpaired) electrons. The molecule has 3 rings (SSSR count). The number of carboxylic acids is 1. The van der Waals surface area contributed by atoms with E-state index in [0.29, 0.717) is 16.6 Å². The van der Waals surface area contributed by atoms with Gasteiger partial charge in [-0.25, -0.2) is 9.78 Å². The van der Waals surface area contributed by atoms with Gasteiger partial charge in [0.25, 0.3) is 0 Å². The van der Waals surface area contributed by atoms with E-state index >= 15 is 0 Å². The highest BCUT2D eigenvalue weighted by Crippen LogP contribution is 2.24. The van der Waals surface area contributed by atoms with Crippen LogP contribution in [0.2, 0.25) is 0 Å². The molecule has 0 unspecified atom stereocenters. The quantitative estimate of drug-likeness (QED) is 0.581. The van der Waals surface area contributed by atoms with Crippen LogP contribution >= 0.6 is 0 Å². The molecule has 2 aromatic heterocycles. The number of hydrogen-bond donors (Lipinski definition) is 1. The van der Waals surface area contributed by atoms with Crippen molar-refractivity contribution in [3.63, 3.8) is 0 Å². The van der Waals surface area contributed by atoms with Gasteiger partial charge in [0.2, 0.25) is 0 Å². The molecule has 1 N–H and O–H groups in total. The smallest absolute Gasteiger partial charge is 0.390 e. The molecule has 3 aromatic rings. The Morgan fingerprint density at radius 3 is 2.57 bits per heavy atom. The largest absolute Gasteiger partial charge is 0.478 e. The Morgan fingerprint density at radius 2 is 1.95 bits per heavy atom. The zero-order valence-corrected chi connectivity index (χ0v) is 10.5. The van der Waals surface area contributed by atoms with E-state index in [2.05, 4.69) is 10.1 Å². The number of nitro groups is 1. The van der Waals surface area contributed by atoms with E-state index in [1.807, 2.05) is 0 Å². The molecule has 0 spiro atoms. The number of carboxylic acid groups (broad SMARTS) is 1. The maximum Gasteiger partial charge on any atom is 0.390 e. The molecule has 104 valence electrons. The molecule has 21 heavy (non-hydrogen) atoms. The molecule has 0 bridgehead atoms. The van der Waals surface area contributed by atoms with Crippen LogP contribution in [0.4, 0.5) is 5.82 Å². The molecule has 0 atom stereocenters. The minimum atomic E-state index is -1.09. The summed E-state index contributed by atoms with van der Waals surface area (Å²) in [5.74, 6) is -1.05. The van der Waals surface area contributed by atoms with E-state index in [0.717, 1.165) is 0 Å². The topological polar surface area (TPSA) is 111 Å². The number of nitrogens with zero attached hydrogens (tertiary/aromatic N) is 4. The maximum atomic E-state index is 11.2. The molecule has 8 nitrogen and oxygen atoms in total. The van der Waals surface area contributed by atoms with Crippen LogP contribution in [0.25, 0.3) is 16.6 Å². The zero-order chi connectivity index (χ0) is 15.0. The third kappa shape index (κ3) is 2.08. The second-order valence-corrected chi connectivity index (χ2v) is 4.22. The van der Waals surface area contributed by atoms with Gasteiger partial charge in [0.15, 0.2) is 5.82 Å². The Hall–Kier alpha value is -3.29. The lowest BCUT2D eigenvalue weighted by atomic mass is 10.1. The third-order valence-electron chi connectivity index (χ3n) is 2.98. The summed E-state index contributed by atoms with van der Waals surface area (Å²) in [6.45, 7) is 0. The molecule has 0 saturated heterocycles. The van der Waals surface area contributed by atoms with Crippen LogP contribution in [0.1, 0.15) is 10.4 Å². The first kappa shape index (κ1) is 12.7. The monoisotopic (exact) mass is 284 g/mol. The van der Waals surface area contributed by atoms with Crippen molar-refractivity contribution >= 4 is 22.6 Å². The molecule has 2 heterocycles. The Labute approximate surface area is 117 Å². The standard InChI is InChI=1S/C13H8N4O4/c18-13(19)10-7-14-12(9-4-2-1-3-8(9)10)16-6-5-11(15-16)17(20)21/h1-7H,(H,18,19). The SMILES string of the molecule is O=C(O)c1cnc(-n2ccc([N+](=O)[O-])n2)c2ccccc12. The lowest BCUT2D eigenvalue weighted by Crippen LogP contribution is -2.05. The molecule has 0 aliphatic rings. The van der Waals surface area contributed by atoms with Crippen molar-refractivity contribution in [1.29, 1.82) is 0 Å². The van der Waals surface area contributed by atoms with E-state index in [1.54, 1.807) is 24.3 Å². The molecule has 1 aromatic carbocycles. The second kappa shape index (κ2) is 4.67. The van der Waals surface area contributed by atoms with E-state index in [1.165, 1.54) is 23.1 Å². The molecular formula is C13H8N4O4. The highest BCUT2D eigenvalue weighted by Gasteiger charge is 2.18. The normalized spacial score (nSPS) is 10.7. The van der Waals surface area contributed by atoms with Gasteiger partial charge in [0.1, 0.15) is 0 Å². The van der Waals surface area contributed by atoms with E-state index in [9.17, 15) is 14.9 Å². The van der Waals surface area contributed by atoms with Crippen molar-refractivity contribution < 1.29 is 14.8 Å². The van der Waals surface area contributed by atoms with Gasteiger partial charge in [-0.1, -0.05) is 24.3 Å². The van der Waals surface area contributed by atoms with Crippen LogP contribution in [0.15, 0.2) is 42.7 Å². The number of aromatic carboxylic acids is 1. The molecule has 0 amide bonds. The van der Waals surface area contributed by atoms with E-state index < -0.39 is 10.9 Å². The van der Waals surface area contributed by atoms with Crippen molar-refractivity contribution in [1.82, 2.24) is 14.8 Å². The first-order valence-corrected chi connectivity index (χ1v) is 5.89. The summed E-state index contributed by atoms with van der Waals surface area (Å²) in [6, 6.07) is 8.04. The maximum absolute atomic E-state index is 11.2. The van der Waals surface area contributed by atoms with Crippen LogP contribution in [0.3, 0.4) is 0 Å². The fourth-order valence-corrected chi connectivity index (χ4v) is 2.06. The molecule has 0 aliphatic heterocycles. The minimum Gasteiger partial charge on any atom is -0.478 e. The van der Waals surface area contributed by atoms with Crippen molar-refractivity contribution in [2.75, 3.05) is 0 Å². The van der Waals surface area contributed by atoms with Gasteiger partial charge < -0.3 is 15.2 Å². The highest BCUT2D eigenvalue weighted by atomic mass is 16.6. The van der Waals surface area contributed by atoms with Crippen LogP contribution in [0.5, 0.6) is 0 Å². The average molecular weight is 284 g/mol. The van der Waals surface area contributed by atoms with Gasteiger partial charge in [0, 0.05) is 17.0 Å². The molecule has 8 heteroatoms. The van der Waals surface area contributed by atoms with Gasteiger partial charge in [-0.05, 0) is 4.92 Å². The molecule has 0 aliphatic carbocycles. The van der Waals surface area contributed by atoms with Gasteiger partial charge >= 0.3 is 11.8 Å². The first-order chi connectivity index (χ1) is 10.1. The Bertz CT molecular complexity index is 871. The van der Waals surface area contributed by atoms with Crippen LogP contribution in [0, 0.1) is 10.1 Å². The number of carbonyl (C=O) groups is 1. The Morgan fingerprint density at radius 1 is 1.24 bits per heavy atom. The summed E-state index contributed by atoms with van der Waals surface area (Å²) in [6.07, 6.45) is 2.63. The summed E-state index contributed by atoms with van der Waals surface area (Å²) in [5, 5.41) is 24.7. The van der Waals surface area contributed by atoms with Gasteiger partial charge in [-0.3, -0.25) is 0 Å². The van der Waals surface area contributed by atoms with Gasteiger partial charge in [-0.15, -0.1) is 4.68 Å². The van der Waals surface area contributed by atoms with Crippen LogP contribution < -0.4 is 0 Å². The van der Waals surface area contributed by atoms with E-state index in [-0.39, 0.29) is 11.4 Å². The molecule has 0 saturated carbocycles. The van der Waals surface area contributed by atoms with Crippen LogP contribution in [-0.4, -0.2) is 30.8 Å². The summed E-state index contributed by atoms with van der Waals surface area (Å²) in [7, 11) is 0. The van der Waals surface area contributed by atoms with Gasteiger partial charge in [0.05, 0.1) is 22.9 Å². The average Bonchev–Trinajstić information content (AvgIpc) is 2.95. The summed E-state index contributed by atoms with van der Waals surface area (Å²) in [4.78, 5) is 25.3. The number of fused-ring (bicyclic) bond motifs is 1. The van der Waals surface area contributed by atoms with Crippen molar-refractivity contribution in [3.8, 4) is 5.82 Å². The zero-order valence-electron chi connectivity index (χ0n) is 10.5. The number of aromatic nitrogens is 3. The Balaban J connectivity index is 2.26. The second-order valence-electron chi connectivity index (χ2n) is 4.22. The van der Waals surface area contributed by atoms with Crippen LogP contribution in [-0.2, 0) is 0 Å². The predicted octanol–water partition coefficient (Wildman–Crippen LogP) is 2.03. The first-order valence-electron chi connectivity index (χ1n) is 5.89. The highest BCUT2D eigenvalue weighted by molar-refractivity contribution is 6.05. The predicted molar refractivity (Wildman–Crippen MR) is 72.5 cm³/mol. The summed E-state index contributed by atoms with van der Waals surface area (Å²) >= 11 is 0. The van der Waals surface area contributed by atoms with Gasteiger partial charge in [-0.2, -0.15) is 0 Å². The van der Waals surface area contributed by atoms with Crippen molar-refractivity contribution in [2.24, 2.45) is 0 Å². The lowest BCUT2D eigenvalue weighted by Gasteiger charge is -2.05. The Kier molecular flexibility index (Phi) is 2.83. The number of benzene rings is 1. The molecule has 0 fully saturated rings. The number of hydrogen-bond acceptors (Lipinski definition) is 5. The van der Waals surface area contributed by atoms with Crippen molar-refractivity contribution in [3.05, 3.63) is 58.4 Å². The molecular weight excluding hydrogens is 276 g/mol. The fraction of sp³-hybridized carbons (Fsp3) is 0. The number of rotatable bonds is 3. The summed E-state index contributed by atoms with van der Waals surface area (Å²) < 4.78 is 1.26. The number of pyridine rings is 1. The van der Waals surface area contributed by atoms with Crippen molar-refractivity contribution in [2.45, 2.75) is 0 Å². The third-order valence-corrected chi connectivity index (χ3v) is 2.98. The van der Waals surface area contributed by atoms with E-state index in [4.69, 9.17) is 5.11 Å².